The van der Waals surface area contributed by atoms with Crippen molar-refractivity contribution >= 4 is 11.9 Å². The van der Waals surface area contributed by atoms with Crippen LogP contribution in [0.2, 0.25) is 0 Å². The van der Waals surface area contributed by atoms with E-state index < -0.39 is 0 Å². The summed E-state index contributed by atoms with van der Waals surface area (Å²) in [6, 6.07) is 11.1. The molecule has 23 heavy (non-hydrogen) atoms. The van der Waals surface area contributed by atoms with Crippen molar-refractivity contribution in [2.24, 2.45) is 0 Å². The zero-order valence-corrected chi connectivity index (χ0v) is 12.8. The molecule has 2 aromatic heterocycles. The molecule has 118 valence electrons. The van der Waals surface area contributed by atoms with Crippen LogP contribution in [0.25, 0.3) is 11.6 Å². The van der Waals surface area contributed by atoms with Crippen molar-refractivity contribution in [3.05, 3.63) is 48.2 Å². The average molecular weight is 312 g/mol. The molecule has 3 rings (SSSR count). The summed E-state index contributed by atoms with van der Waals surface area (Å²) in [7, 11) is 1.62. The second-order valence-corrected chi connectivity index (χ2v) is 4.87. The molecule has 0 aliphatic rings. The Bertz CT molecular complexity index is 791. The van der Waals surface area contributed by atoms with E-state index in [-0.39, 0.29) is 5.91 Å². The van der Waals surface area contributed by atoms with Crippen LogP contribution < -0.4 is 10.1 Å². The lowest BCUT2D eigenvalue weighted by atomic mass is 10.2. The molecule has 0 aliphatic carbocycles. The van der Waals surface area contributed by atoms with Gasteiger partial charge in [0.15, 0.2) is 5.76 Å². The van der Waals surface area contributed by atoms with Gasteiger partial charge in [-0.05, 0) is 29.8 Å². The number of furan rings is 1. The molecule has 0 spiro atoms. The van der Waals surface area contributed by atoms with Gasteiger partial charge in [0.2, 0.25) is 17.7 Å². The number of carbonyl (C=O) groups is 1. The highest BCUT2D eigenvalue weighted by Gasteiger charge is 2.15. The predicted molar refractivity (Wildman–Crippen MR) is 84.3 cm³/mol. The Morgan fingerprint density at radius 1 is 1.30 bits per heavy atom. The zero-order chi connectivity index (χ0) is 16.2. The van der Waals surface area contributed by atoms with E-state index in [2.05, 4.69) is 15.4 Å². The first-order chi connectivity index (χ1) is 11.2. The Balaban J connectivity index is 1.79. The summed E-state index contributed by atoms with van der Waals surface area (Å²) in [6.07, 6.45) is 1.54. The van der Waals surface area contributed by atoms with Gasteiger partial charge in [0, 0.05) is 13.5 Å². The van der Waals surface area contributed by atoms with E-state index in [4.69, 9.17) is 9.15 Å². The van der Waals surface area contributed by atoms with Crippen LogP contribution in [0, 0.1) is 0 Å². The van der Waals surface area contributed by atoms with Crippen LogP contribution in [0.3, 0.4) is 0 Å². The van der Waals surface area contributed by atoms with E-state index in [0.717, 1.165) is 11.3 Å². The summed E-state index contributed by atoms with van der Waals surface area (Å²) in [5, 5.41) is 7.29. The molecule has 0 radical (unpaired) electrons. The number of methoxy groups -OCH3 is 1. The summed E-state index contributed by atoms with van der Waals surface area (Å²) in [6.45, 7) is 1.94. The lowest BCUT2D eigenvalue weighted by Crippen LogP contribution is -2.13. The molecule has 7 nitrogen and oxygen atoms in total. The summed E-state index contributed by atoms with van der Waals surface area (Å²) in [5.74, 6) is 1.81. The largest absolute Gasteiger partial charge is 0.497 e. The molecule has 0 saturated heterocycles. The van der Waals surface area contributed by atoms with Crippen LogP contribution >= 0.6 is 0 Å². The van der Waals surface area contributed by atoms with Gasteiger partial charge in [-0.2, -0.15) is 9.67 Å². The molecule has 0 saturated carbocycles. The number of benzene rings is 1. The summed E-state index contributed by atoms with van der Waals surface area (Å²) in [4.78, 5) is 16.0. The SMILES string of the molecule is COc1ccc(CNc2nc(-c3ccco3)nn2C(C)=O)cc1. The summed E-state index contributed by atoms with van der Waals surface area (Å²) >= 11 is 0. The lowest BCUT2D eigenvalue weighted by molar-refractivity contribution is 0.0923. The first-order valence-electron chi connectivity index (χ1n) is 7.06. The molecule has 0 aliphatic heterocycles. The number of nitrogens with one attached hydrogen (secondary N) is 1. The molecule has 7 heteroatoms. The second-order valence-electron chi connectivity index (χ2n) is 4.87. The normalized spacial score (nSPS) is 10.5. The minimum absolute atomic E-state index is 0.229. The van der Waals surface area contributed by atoms with Crippen LogP contribution in [-0.2, 0) is 6.54 Å². The first kappa shape index (κ1) is 14.8. The van der Waals surface area contributed by atoms with Crippen LogP contribution in [0.1, 0.15) is 17.3 Å². The summed E-state index contributed by atoms with van der Waals surface area (Å²) in [5.41, 5.74) is 1.03. The number of anilines is 1. The number of nitrogens with zero attached hydrogens (tertiary/aromatic N) is 3. The fourth-order valence-corrected chi connectivity index (χ4v) is 2.08. The van der Waals surface area contributed by atoms with E-state index in [1.54, 1.807) is 19.2 Å². The number of ether oxygens (including phenoxy) is 1. The second kappa shape index (κ2) is 6.35. The van der Waals surface area contributed by atoms with E-state index in [9.17, 15) is 4.79 Å². The molecule has 0 fully saturated rings. The van der Waals surface area contributed by atoms with Crippen molar-refractivity contribution < 1.29 is 13.9 Å². The maximum Gasteiger partial charge on any atom is 0.246 e. The number of aromatic nitrogens is 3. The number of carbonyl (C=O) groups excluding carboxylic acids is 1. The van der Waals surface area contributed by atoms with E-state index in [1.165, 1.54) is 17.9 Å². The number of rotatable bonds is 5. The van der Waals surface area contributed by atoms with Crippen molar-refractivity contribution in [2.45, 2.75) is 13.5 Å². The molecule has 3 aromatic rings. The van der Waals surface area contributed by atoms with Gasteiger partial charge in [-0.1, -0.05) is 12.1 Å². The highest BCUT2D eigenvalue weighted by atomic mass is 16.5. The summed E-state index contributed by atoms with van der Waals surface area (Å²) < 4.78 is 11.6. The van der Waals surface area contributed by atoms with Gasteiger partial charge in [0.05, 0.1) is 13.4 Å². The fraction of sp³-hybridized carbons (Fsp3) is 0.188. The maximum atomic E-state index is 11.7. The predicted octanol–water partition coefficient (Wildman–Crippen LogP) is 2.82. The van der Waals surface area contributed by atoms with Crippen LogP contribution in [0.5, 0.6) is 5.75 Å². The smallest absolute Gasteiger partial charge is 0.246 e. The fourth-order valence-electron chi connectivity index (χ4n) is 2.08. The molecular formula is C16H16N4O3. The Hall–Kier alpha value is -3.09. The molecule has 0 bridgehead atoms. The Morgan fingerprint density at radius 3 is 2.70 bits per heavy atom. The minimum Gasteiger partial charge on any atom is -0.497 e. The van der Waals surface area contributed by atoms with Crippen molar-refractivity contribution in [3.8, 4) is 17.3 Å². The monoisotopic (exact) mass is 312 g/mol. The van der Waals surface area contributed by atoms with Crippen molar-refractivity contribution in [1.29, 1.82) is 0 Å². The van der Waals surface area contributed by atoms with Gasteiger partial charge in [0.1, 0.15) is 5.75 Å². The van der Waals surface area contributed by atoms with Crippen LogP contribution in [0.15, 0.2) is 47.1 Å². The van der Waals surface area contributed by atoms with E-state index >= 15 is 0 Å². The van der Waals surface area contributed by atoms with Crippen LogP contribution in [-0.4, -0.2) is 27.8 Å². The third-order valence-electron chi connectivity index (χ3n) is 3.26. The molecule has 2 heterocycles. The average Bonchev–Trinajstić information content (AvgIpc) is 3.22. The van der Waals surface area contributed by atoms with E-state index in [1.807, 2.05) is 24.3 Å². The van der Waals surface area contributed by atoms with Gasteiger partial charge in [-0.25, -0.2) is 0 Å². The highest BCUT2D eigenvalue weighted by molar-refractivity contribution is 5.78. The van der Waals surface area contributed by atoms with Crippen LogP contribution in [0.4, 0.5) is 5.95 Å². The number of hydrogen-bond acceptors (Lipinski definition) is 6. The molecule has 1 aromatic carbocycles. The van der Waals surface area contributed by atoms with Crippen molar-refractivity contribution in [2.75, 3.05) is 12.4 Å². The van der Waals surface area contributed by atoms with Crippen molar-refractivity contribution in [3.63, 3.8) is 0 Å². The minimum atomic E-state index is -0.229. The van der Waals surface area contributed by atoms with E-state index in [0.29, 0.717) is 24.1 Å². The molecule has 0 amide bonds. The highest BCUT2D eigenvalue weighted by Crippen LogP contribution is 2.19. The van der Waals surface area contributed by atoms with Gasteiger partial charge < -0.3 is 14.5 Å². The number of hydrogen-bond donors (Lipinski definition) is 1. The molecular weight excluding hydrogens is 296 g/mol. The van der Waals surface area contributed by atoms with Crippen molar-refractivity contribution in [1.82, 2.24) is 14.8 Å². The molecule has 0 unspecified atom stereocenters. The maximum absolute atomic E-state index is 11.7. The lowest BCUT2D eigenvalue weighted by Gasteiger charge is -2.06. The first-order valence-corrected chi connectivity index (χ1v) is 7.06. The topological polar surface area (TPSA) is 82.2 Å². The Kier molecular flexibility index (Phi) is 4.09. The quantitative estimate of drug-likeness (QED) is 0.780. The third kappa shape index (κ3) is 3.23. The van der Waals surface area contributed by atoms with Gasteiger partial charge in [-0.3, -0.25) is 4.79 Å². The van der Waals surface area contributed by atoms with Gasteiger partial charge >= 0.3 is 0 Å². The zero-order valence-electron chi connectivity index (χ0n) is 12.8. The molecule has 1 N–H and O–H groups in total. The standard InChI is InChI=1S/C16H16N4O3/c1-11(21)20-16(18-15(19-20)14-4-3-9-23-14)17-10-12-5-7-13(22-2)8-6-12/h3-9H,10H2,1-2H3,(H,17,18,19). The van der Waals surface area contributed by atoms with Gasteiger partial charge in [-0.15, -0.1) is 5.10 Å². The third-order valence-corrected chi connectivity index (χ3v) is 3.26. The Morgan fingerprint density at radius 2 is 2.09 bits per heavy atom. The Labute approximate surface area is 132 Å². The van der Waals surface area contributed by atoms with Gasteiger partial charge in [0.25, 0.3) is 0 Å². The molecule has 0 atom stereocenters.